The third-order valence-electron chi connectivity index (χ3n) is 6.64. The molecule has 5 aromatic rings. The van der Waals surface area contributed by atoms with E-state index in [0.29, 0.717) is 29.5 Å². The molecular weight excluding hydrogens is 636 g/mol. The topological polar surface area (TPSA) is 141 Å². The summed E-state index contributed by atoms with van der Waals surface area (Å²) in [6.45, 7) is 10.0. The number of benzene rings is 4. The molecule has 260 valence electrons. The zero-order valence-corrected chi connectivity index (χ0v) is 28.9. The van der Waals surface area contributed by atoms with Crippen molar-refractivity contribution >= 4 is 34.7 Å². The number of hydrogen-bond donors (Lipinski definition) is 2. The van der Waals surface area contributed by atoms with Crippen LogP contribution in [-0.4, -0.2) is 36.3 Å². The second-order valence-corrected chi connectivity index (χ2v) is 10.4. The number of carbonyl (C=O) groups excluding carboxylic acids is 4. The van der Waals surface area contributed by atoms with Gasteiger partial charge in [0, 0.05) is 29.0 Å². The summed E-state index contributed by atoms with van der Waals surface area (Å²) in [4.78, 5) is 54.3. The van der Waals surface area contributed by atoms with Gasteiger partial charge in [0.1, 0.15) is 17.1 Å². The maximum atomic E-state index is 12.1. The predicted molar refractivity (Wildman–Crippen MR) is 193 cm³/mol. The van der Waals surface area contributed by atoms with Crippen molar-refractivity contribution < 1.29 is 33.4 Å². The second kappa shape index (κ2) is 22.3. The number of aromatic nitrogens is 1. The lowest BCUT2D eigenvalue weighted by Crippen LogP contribution is -2.18. The summed E-state index contributed by atoms with van der Waals surface area (Å²) in [7, 11) is 0. The Bertz CT molecular complexity index is 1860. The van der Waals surface area contributed by atoms with Gasteiger partial charge >= 0.3 is 18.1 Å². The van der Waals surface area contributed by atoms with Crippen LogP contribution in [0, 0.1) is 13.8 Å². The van der Waals surface area contributed by atoms with Gasteiger partial charge in [0.05, 0.1) is 18.8 Å². The third kappa shape index (κ3) is 13.9. The quantitative estimate of drug-likeness (QED) is 0.117. The van der Waals surface area contributed by atoms with Crippen LogP contribution in [0.1, 0.15) is 48.7 Å². The summed E-state index contributed by atoms with van der Waals surface area (Å²) in [5.74, 6) is 0.897. The first-order chi connectivity index (χ1) is 24.2. The highest BCUT2D eigenvalue weighted by atomic mass is 16.5. The molecule has 0 fully saturated rings. The van der Waals surface area contributed by atoms with Crippen LogP contribution in [0.3, 0.4) is 0 Å². The minimum absolute atomic E-state index is 0.0463. The number of carbonyl (C=O) groups is 2. The summed E-state index contributed by atoms with van der Waals surface area (Å²) in [6, 6.07) is 33.0. The molecular formula is C40H42N2O8. The molecule has 0 spiro atoms. The van der Waals surface area contributed by atoms with Crippen LogP contribution in [0.4, 0.5) is 5.69 Å². The van der Waals surface area contributed by atoms with Crippen LogP contribution in [-0.2, 0) is 23.9 Å². The smallest absolute Gasteiger partial charge is 0.373 e. The average Bonchev–Trinajstić information content (AvgIpc) is 3.12. The van der Waals surface area contributed by atoms with Gasteiger partial charge in [0.25, 0.3) is 0 Å². The first-order valence-corrected chi connectivity index (χ1v) is 15.9. The Hall–Kier alpha value is -6.25. The predicted octanol–water partition coefficient (Wildman–Crippen LogP) is 8.17. The number of aromatic amines is 1. The molecule has 50 heavy (non-hydrogen) atoms. The number of hydrogen-bond acceptors (Lipinski definition) is 9. The average molecular weight is 679 g/mol. The third-order valence-corrected chi connectivity index (χ3v) is 6.64. The largest absolute Gasteiger partial charge is 0.463 e. The Labute approximate surface area is 291 Å². The van der Waals surface area contributed by atoms with Crippen molar-refractivity contribution in [2.45, 2.75) is 41.0 Å². The molecule has 0 saturated carbocycles. The zero-order chi connectivity index (χ0) is 36.7. The Morgan fingerprint density at radius 1 is 0.760 bits per heavy atom. The van der Waals surface area contributed by atoms with E-state index in [-0.39, 0.29) is 29.7 Å². The Morgan fingerprint density at radius 3 is 1.82 bits per heavy atom. The molecule has 0 bridgehead atoms. The molecule has 5 rings (SSSR count). The number of esters is 2. The van der Waals surface area contributed by atoms with Crippen LogP contribution in [0.5, 0.6) is 11.5 Å². The molecule has 2 N–H and O–H groups in total. The van der Waals surface area contributed by atoms with Crippen molar-refractivity contribution in [1.82, 2.24) is 4.98 Å². The fourth-order valence-electron chi connectivity index (χ4n) is 4.16. The lowest BCUT2D eigenvalue weighted by atomic mass is 10.1. The van der Waals surface area contributed by atoms with Gasteiger partial charge < -0.3 is 24.5 Å². The lowest BCUT2D eigenvalue weighted by Gasteiger charge is -2.06. The van der Waals surface area contributed by atoms with E-state index >= 15 is 0 Å². The van der Waals surface area contributed by atoms with E-state index in [0.717, 1.165) is 22.7 Å². The molecule has 0 amide bonds. The first kappa shape index (κ1) is 39.9. The molecule has 0 aliphatic carbocycles. The monoisotopic (exact) mass is 678 g/mol. The number of nitrogens with one attached hydrogen (secondary N) is 2. The molecule has 4 aromatic carbocycles. The van der Waals surface area contributed by atoms with Gasteiger partial charge in [-0.3, -0.25) is 4.79 Å². The molecule has 10 nitrogen and oxygen atoms in total. The number of fused-ring (bicyclic) bond motifs is 1. The van der Waals surface area contributed by atoms with Gasteiger partial charge in [-0.1, -0.05) is 72.6 Å². The highest BCUT2D eigenvalue weighted by Crippen LogP contribution is 2.19. The SMILES string of the molecule is CCOC(=O)/C(=C/Nc1ccc(C)cc1)CC.CCOC(=O)c1c[nH]c2ccc(C)cc2c1=O.O=C=O.c1ccc(Oc2ccccc2)cc1. The molecule has 0 atom stereocenters. The fourth-order valence-corrected chi connectivity index (χ4v) is 4.16. The van der Waals surface area contributed by atoms with Crippen molar-refractivity contribution in [3.05, 3.63) is 148 Å². The highest BCUT2D eigenvalue weighted by Gasteiger charge is 2.13. The van der Waals surface area contributed by atoms with E-state index in [4.69, 9.17) is 23.8 Å². The van der Waals surface area contributed by atoms with E-state index in [1.54, 1.807) is 26.1 Å². The first-order valence-electron chi connectivity index (χ1n) is 15.9. The molecule has 0 unspecified atom stereocenters. The minimum atomic E-state index is -0.586. The molecule has 0 saturated heterocycles. The van der Waals surface area contributed by atoms with Crippen molar-refractivity contribution in [1.29, 1.82) is 0 Å². The van der Waals surface area contributed by atoms with Gasteiger partial charge in [-0.25, -0.2) is 9.59 Å². The van der Waals surface area contributed by atoms with Gasteiger partial charge in [0.2, 0.25) is 5.43 Å². The zero-order valence-electron chi connectivity index (χ0n) is 28.9. The minimum Gasteiger partial charge on any atom is -0.463 e. The van der Waals surface area contributed by atoms with Crippen LogP contribution >= 0.6 is 0 Å². The van der Waals surface area contributed by atoms with Crippen LogP contribution in [0.25, 0.3) is 10.9 Å². The normalized spacial score (nSPS) is 9.98. The van der Waals surface area contributed by atoms with E-state index in [9.17, 15) is 14.4 Å². The van der Waals surface area contributed by atoms with Gasteiger partial charge in [0.15, 0.2) is 0 Å². The summed E-state index contributed by atoms with van der Waals surface area (Å²) >= 11 is 0. The molecule has 0 aliphatic heterocycles. The standard InChI is InChI=1S/C14H19NO2.C13H13NO3.C12H10O.CO2/c1-4-12(14(16)17-5-2)10-15-13-8-6-11(3)7-9-13;1-3-17-13(16)10-7-14-11-5-4-8(2)6-9(11)12(10)15;1-3-7-11(8-4-1)13-12-9-5-2-6-10-12;2-1-3/h6-10,15H,4-5H2,1-3H3;4-7H,3H2,1-2H3,(H,14,15);1-10H;/b12-10+;;;. The highest BCUT2D eigenvalue weighted by molar-refractivity contribution is 5.93. The summed E-state index contributed by atoms with van der Waals surface area (Å²) in [6.07, 6.45) is 4.01. The van der Waals surface area contributed by atoms with Gasteiger partial charge in [-0.15, -0.1) is 0 Å². The van der Waals surface area contributed by atoms with Crippen LogP contribution in [0.15, 0.2) is 126 Å². The van der Waals surface area contributed by atoms with E-state index in [1.807, 2.05) is 118 Å². The van der Waals surface area contributed by atoms with Crippen molar-refractivity contribution in [2.75, 3.05) is 18.5 Å². The molecule has 1 heterocycles. The molecule has 0 radical (unpaired) electrons. The molecule has 0 aliphatic rings. The molecule has 1 aromatic heterocycles. The van der Waals surface area contributed by atoms with E-state index < -0.39 is 5.97 Å². The number of H-pyrrole nitrogens is 1. The van der Waals surface area contributed by atoms with Crippen LogP contribution in [0.2, 0.25) is 0 Å². The van der Waals surface area contributed by atoms with Crippen LogP contribution < -0.4 is 15.5 Å². The Morgan fingerprint density at radius 2 is 1.30 bits per heavy atom. The van der Waals surface area contributed by atoms with E-state index in [2.05, 4.69) is 10.3 Å². The maximum Gasteiger partial charge on any atom is 0.373 e. The Kier molecular flexibility index (Phi) is 17.8. The van der Waals surface area contributed by atoms with Crippen molar-refractivity contribution in [2.24, 2.45) is 0 Å². The van der Waals surface area contributed by atoms with Gasteiger partial charge in [-0.2, -0.15) is 9.59 Å². The fraction of sp³-hybridized carbons (Fsp3) is 0.200. The van der Waals surface area contributed by atoms with Crippen molar-refractivity contribution in [3.8, 4) is 11.5 Å². The Balaban J connectivity index is 0.000000252. The van der Waals surface area contributed by atoms with Gasteiger partial charge in [-0.05, 0) is 82.6 Å². The summed E-state index contributed by atoms with van der Waals surface area (Å²) in [5, 5.41) is 3.61. The summed E-state index contributed by atoms with van der Waals surface area (Å²) in [5.41, 5.74) is 4.27. The number of pyridine rings is 1. The second-order valence-electron chi connectivity index (χ2n) is 10.4. The van der Waals surface area contributed by atoms with E-state index in [1.165, 1.54) is 11.8 Å². The van der Waals surface area contributed by atoms with Crippen molar-refractivity contribution in [3.63, 3.8) is 0 Å². The maximum absolute atomic E-state index is 12.1. The molecule has 10 heteroatoms. The number of aryl methyl sites for hydroxylation is 2. The lowest BCUT2D eigenvalue weighted by molar-refractivity contribution is -0.191. The number of anilines is 1. The number of ether oxygens (including phenoxy) is 3. The number of para-hydroxylation sites is 2. The number of rotatable bonds is 9. The summed E-state index contributed by atoms with van der Waals surface area (Å²) < 4.78 is 15.4.